The molecule has 0 unspecified atom stereocenters. The van der Waals surface area contributed by atoms with E-state index >= 15 is 0 Å². The summed E-state index contributed by atoms with van der Waals surface area (Å²) in [6.07, 6.45) is 2.08. The lowest BCUT2D eigenvalue weighted by molar-refractivity contribution is -0.871. The molecular weight excluding hydrogens is 784 g/mol. The normalized spacial score (nSPS) is 16.8. The smallest absolute Gasteiger partial charge is 0.209 e. The van der Waals surface area contributed by atoms with Gasteiger partial charge in [0.1, 0.15) is 20.2 Å². The summed E-state index contributed by atoms with van der Waals surface area (Å²) in [4.78, 5) is -0.296. The van der Waals surface area contributed by atoms with Gasteiger partial charge in [-0.2, -0.15) is 9.15 Å². The van der Waals surface area contributed by atoms with Gasteiger partial charge in [-0.05, 0) is 52.0 Å². The first-order valence-corrected chi connectivity index (χ1v) is 18.5. The molecular formula is C34H54Br2N4O6S2. The highest BCUT2D eigenvalue weighted by molar-refractivity contribution is 7.86. The van der Waals surface area contributed by atoms with E-state index in [0.29, 0.717) is 0 Å². The molecule has 0 atom stereocenters. The number of nitrogens with zero attached hydrogens (tertiary/aromatic N) is 4. The molecule has 0 aromatic heterocycles. The standard InChI is InChI=1S/2C17H27N2O3S.2BrH/c2*1-13-17(2,3)15-12-14(23(20,21)22)8-9-16(15)18(13)10-7-11-19(4,5)6;;/h2*8-9,12H,7,10-11H2,1-6H3;2*1H/q2*+1;;/p-2. The van der Waals surface area contributed by atoms with Crippen LogP contribution in [0.2, 0.25) is 0 Å². The lowest BCUT2D eigenvalue weighted by atomic mass is 9.82. The van der Waals surface area contributed by atoms with E-state index in [1.54, 1.807) is 24.3 Å². The third kappa shape index (κ3) is 10.3. The second-order valence-electron chi connectivity index (χ2n) is 15.7. The fourth-order valence-corrected chi connectivity index (χ4v) is 7.22. The summed E-state index contributed by atoms with van der Waals surface area (Å²) in [6.45, 7) is 16.4. The van der Waals surface area contributed by atoms with E-state index in [-0.39, 0.29) is 54.6 Å². The molecule has 0 fully saturated rings. The second-order valence-corrected chi connectivity index (χ2v) is 18.5. The number of fused-ring (bicyclic) bond motifs is 2. The van der Waals surface area contributed by atoms with Gasteiger partial charge < -0.3 is 52.0 Å². The predicted octanol–water partition coefficient (Wildman–Crippen LogP) is -1.83. The molecule has 0 radical (unpaired) electrons. The molecule has 272 valence electrons. The maximum Gasteiger partial charge on any atom is 0.209 e. The van der Waals surface area contributed by atoms with Crippen molar-refractivity contribution >= 4 is 43.0 Å². The fourth-order valence-electron chi connectivity index (χ4n) is 6.22. The largest absolute Gasteiger partial charge is 1.00 e. The van der Waals surface area contributed by atoms with Crippen molar-refractivity contribution in [2.24, 2.45) is 0 Å². The number of halogens is 2. The monoisotopic (exact) mass is 836 g/mol. The van der Waals surface area contributed by atoms with Crippen molar-refractivity contribution in [1.82, 2.24) is 0 Å². The predicted molar refractivity (Wildman–Crippen MR) is 181 cm³/mol. The Bertz CT molecular complexity index is 1660. The zero-order chi connectivity index (χ0) is 35.3. The van der Waals surface area contributed by atoms with Crippen molar-refractivity contribution < 1.29 is 78.0 Å². The van der Waals surface area contributed by atoms with Crippen LogP contribution in [0.5, 0.6) is 0 Å². The molecule has 0 spiro atoms. The van der Waals surface area contributed by atoms with E-state index in [2.05, 4.69) is 93.0 Å². The van der Waals surface area contributed by atoms with Gasteiger partial charge in [0.15, 0.2) is 24.5 Å². The second kappa shape index (κ2) is 15.4. The summed E-state index contributed by atoms with van der Waals surface area (Å²) >= 11 is 0. The van der Waals surface area contributed by atoms with E-state index in [4.69, 9.17) is 0 Å². The summed E-state index contributed by atoms with van der Waals surface area (Å²) < 4.78 is 74.2. The minimum Gasteiger partial charge on any atom is -1.00 e. The lowest BCUT2D eigenvalue weighted by Crippen LogP contribution is -3.00. The van der Waals surface area contributed by atoms with Crippen molar-refractivity contribution in [3.63, 3.8) is 0 Å². The highest BCUT2D eigenvalue weighted by atomic mass is 79.9. The summed E-state index contributed by atoms with van der Waals surface area (Å²) in [6, 6.07) is 9.46. The van der Waals surface area contributed by atoms with Crippen LogP contribution in [0.4, 0.5) is 11.4 Å². The van der Waals surface area contributed by atoms with Crippen LogP contribution in [0.15, 0.2) is 46.2 Å². The highest BCUT2D eigenvalue weighted by Gasteiger charge is 2.44. The average molecular weight is 839 g/mol. The van der Waals surface area contributed by atoms with E-state index in [0.717, 1.165) is 70.5 Å². The van der Waals surface area contributed by atoms with Gasteiger partial charge in [-0.1, -0.05) is 0 Å². The fraction of sp³-hybridized carbons (Fsp3) is 0.588. The van der Waals surface area contributed by atoms with E-state index in [1.165, 1.54) is 23.6 Å². The molecule has 2 heterocycles. The molecule has 2 aromatic carbocycles. The van der Waals surface area contributed by atoms with Gasteiger partial charge >= 0.3 is 0 Å². The molecule has 14 heteroatoms. The van der Waals surface area contributed by atoms with Crippen LogP contribution in [-0.2, 0) is 31.1 Å². The first-order chi connectivity index (χ1) is 20.7. The molecule has 2 aliphatic heterocycles. The van der Waals surface area contributed by atoms with Gasteiger partial charge in [0.05, 0.1) is 88.8 Å². The van der Waals surface area contributed by atoms with Gasteiger partial charge in [-0.3, -0.25) is 0 Å². The lowest BCUT2D eigenvalue weighted by Gasteiger charge is -2.23. The summed E-state index contributed by atoms with van der Waals surface area (Å²) in [7, 11) is 4.17. The minimum absolute atomic E-state index is 0. The molecule has 0 aliphatic carbocycles. The Hall–Kier alpha value is -1.52. The van der Waals surface area contributed by atoms with Crippen molar-refractivity contribution in [3.8, 4) is 0 Å². The third-order valence-corrected chi connectivity index (χ3v) is 11.1. The Kier molecular flexibility index (Phi) is 14.3. The maximum absolute atomic E-state index is 11.3. The summed E-state index contributed by atoms with van der Waals surface area (Å²) in [5, 5.41) is 0. The van der Waals surface area contributed by atoms with Crippen LogP contribution in [0.1, 0.15) is 65.5 Å². The number of quaternary nitrogens is 2. The molecule has 2 aliphatic rings. The minimum atomic E-state index is -4.43. The highest BCUT2D eigenvalue weighted by Crippen LogP contribution is 2.42. The van der Waals surface area contributed by atoms with Gasteiger partial charge in [0, 0.05) is 37.1 Å². The number of benzene rings is 2. The molecule has 48 heavy (non-hydrogen) atoms. The molecule has 0 saturated carbocycles. The SMILES string of the molecule is CC1=[N+](CCC[N+](C)(C)C)c2ccc(S(=O)(=O)[O-])cc2C1(C)C.CC1=[N+](CCC[N+](C)(C)C)c2ccc(S(=O)(=O)[O-])cc2C1(C)C.[Br-].[Br-]. The number of hydrogen-bond donors (Lipinski definition) is 0. The zero-order valence-corrected chi connectivity index (χ0v) is 35.3. The van der Waals surface area contributed by atoms with Crippen molar-refractivity contribution in [3.05, 3.63) is 47.5 Å². The van der Waals surface area contributed by atoms with Crippen LogP contribution in [0, 0.1) is 0 Å². The molecule has 0 N–H and O–H groups in total. The van der Waals surface area contributed by atoms with Crippen LogP contribution < -0.4 is 34.0 Å². The zero-order valence-electron chi connectivity index (χ0n) is 30.5. The Morgan fingerprint density at radius 2 is 0.896 bits per heavy atom. The Morgan fingerprint density at radius 1 is 0.604 bits per heavy atom. The molecule has 10 nitrogen and oxygen atoms in total. The number of hydrogen-bond acceptors (Lipinski definition) is 6. The van der Waals surface area contributed by atoms with Gasteiger partial charge in [0.2, 0.25) is 11.4 Å². The van der Waals surface area contributed by atoms with E-state index in [9.17, 15) is 25.9 Å². The van der Waals surface area contributed by atoms with Gasteiger partial charge in [-0.15, -0.1) is 0 Å². The Labute approximate surface area is 310 Å². The average Bonchev–Trinajstić information content (AvgIpc) is 3.20. The Balaban J connectivity index is 0.000000461. The van der Waals surface area contributed by atoms with Gasteiger partial charge in [-0.25, -0.2) is 16.8 Å². The molecule has 0 amide bonds. The van der Waals surface area contributed by atoms with Crippen molar-refractivity contribution in [1.29, 1.82) is 0 Å². The molecule has 0 saturated heterocycles. The van der Waals surface area contributed by atoms with E-state index in [1.807, 2.05) is 0 Å². The number of rotatable bonds is 10. The summed E-state index contributed by atoms with van der Waals surface area (Å²) in [5.41, 5.74) is 5.69. The topological polar surface area (TPSA) is 120 Å². The molecule has 4 rings (SSSR count). The first-order valence-electron chi connectivity index (χ1n) is 15.7. The van der Waals surface area contributed by atoms with Gasteiger partial charge in [0.25, 0.3) is 0 Å². The maximum atomic E-state index is 11.3. The Morgan fingerprint density at radius 3 is 1.15 bits per heavy atom. The molecule has 0 bridgehead atoms. The molecule has 2 aromatic rings. The third-order valence-electron chi connectivity index (χ3n) is 9.48. The summed E-state index contributed by atoms with van der Waals surface area (Å²) in [5.74, 6) is 0. The van der Waals surface area contributed by atoms with Crippen LogP contribution >= 0.6 is 0 Å². The van der Waals surface area contributed by atoms with Crippen LogP contribution in [-0.4, -0.2) is 124 Å². The van der Waals surface area contributed by atoms with Crippen molar-refractivity contribution in [2.75, 3.05) is 68.5 Å². The van der Waals surface area contributed by atoms with Crippen LogP contribution in [0.3, 0.4) is 0 Å². The first kappa shape index (κ1) is 44.5. The quantitative estimate of drug-likeness (QED) is 0.158. The van der Waals surface area contributed by atoms with E-state index < -0.39 is 20.2 Å². The van der Waals surface area contributed by atoms with Crippen LogP contribution in [0.25, 0.3) is 0 Å². The van der Waals surface area contributed by atoms with Crippen molar-refractivity contribution in [2.45, 2.75) is 75.0 Å².